The lowest BCUT2D eigenvalue weighted by atomic mass is 10.0. The molecule has 1 heterocycles. The number of dihydropyridines is 1. The molecule has 1 rings (SSSR count). The maximum absolute atomic E-state index is 10.9. The molecule has 0 aromatic carbocycles. The summed E-state index contributed by atoms with van der Waals surface area (Å²) in [6, 6.07) is -0.705. The van der Waals surface area contributed by atoms with E-state index in [4.69, 9.17) is 0 Å². The van der Waals surface area contributed by atoms with Gasteiger partial charge in [0, 0.05) is 6.21 Å². The molecule has 0 aromatic rings. The van der Waals surface area contributed by atoms with Crippen LogP contribution in [-0.4, -0.2) is 22.5 Å². The van der Waals surface area contributed by atoms with Crippen molar-refractivity contribution in [1.82, 2.24) is 0 Å². The maximum atomic E-state index is 10.9. The van der Waals surface area contributed by atoms with Gasteiger partial charge in [0.2, 0.25) is 5.12 Å². The molecule has 1 aliphatic rings. The highest BCUT2D eigenvalue weighted by atomic mass is 32.1. The fraction of sp³-hybridized carbons (Fsp3) is 0.286. The third kappa shape index (κ3) is 1.98. The Kier molecular flexibility index (Phi) is 3.11. The summed E-state index contributed by atoms with van der Waals surface area (Å²) in [4.78, 5) is 25.5. The number of hydrogen-bond donors (Lipinski definition) is 2. The summed E-state index contributed by atoms with van der Waals surface area (Å²) in [5.74, 6) is -0.566. The molecule has 0 amide bonds. The van der Waals surface area contributed by atoms with Crippen LogP contribution in [-0.2, 0) is 9.59 Å². The second kappa shape index (κ2) is 3.91. The first-order valence-corrected chi connectivity index (χ1v) is 4.18. The quantitative estimate of drug-likeness (QED) is 0.640. The van der Waals surface area contributed by atoms with Crippen molar-refractivity contribution < 1.29 is 9.59 Å². The summed E-state index contributed by atoms with van der Waals surface area (Å²) >= 11 is 7.27. The summed E-state index contributed by atoms with van der Waals surface area (Å²) in [7, 11) is 0. The van der Waals surface area contributed by atoms with E-state index in [-0.39, 0.29) is 5.12 Å². The normalized spacial score (nSPS) is 27.2. The SMILES string of the molecule is O=C(S)C1C=CC=NC1C(=O)S. The van der Waals surface area contributed by atoms with Gasteiger partial charge in [0.25, 0.3) is 0 Å². The van der Waals surface area contributed by atoms with Crippen molar-refractivity contribution in [3.63, 3.8) is 0 Å². The van der Waals surface area contributed by atoms with Crippen LogP contribution >= 0.6 is 25.3 Å². The third-order valence-corrected chi connectivity index (χ3v) is 2.09. The lowest BCUT2D eigenvalue weighted by molar-refractivity contribution is -0.118. The molecule has 0 fully saturated rings. The van der Waals surface area contributed by atoms with Crippen molar-refractivity contribution >= 4 is 41.7 Å². The van der Waals surface area contributed by atoms with Gasteiger partial charge in [0.1, 0.15) is 6.04 Å². The molecule has 3 nitrogen and oxygen atoms in total. The number of rotatable bonds is 2. The van der Waals surface area contributed by atoms with E-state index in [1.54, 1.807) is 12.2 Å². The number of allylic oxidation sites excluding steroid dienone is 1. The van der Waals surface area contributed by atoms with E-state index in [9.17, 15) is 9.59 Å². The minimum Gasteiger partial charge on any atom is -0.287 e. The molecule has 0 N–H and O–H groups in total. The van der Waals surface area contributed by atoms with Gasteiger partial charge in [-0.2, -0.15) is 0 Å². The van der Waals surface area contributed by atoms with Crippen LogP contribution in [0, 0.1) is 5.92 Å². The van der Waals surface area contributed by atoms with Gasteiger partial charge in [-0.15, -0.1) is 25.3 Å². The van der Waals surface area contributed by atoms with Crippen molar-refractivity contribution in [2.24, 2.45) is 10.9 Å². The van der Waals surface area contributed by atoms with Crippen molar-refractivity contribution in [2.75, 3.05) is 0 Å². The fourth-order valence-corrected chi connectivity index (χ4v) is 1.40. The molecule has 0 aliphatic carbocycles. The van der Waals surface area contributed by atoms with Gasteiger partial charge in [0.05, 0.1) is 5.92 Å². The molecule has 1 aliphatic heterocycles. The topological polar surface area (TPSA) is 46.5 Å². The van der Waals surface area contributed by atoms with Crippen LogP contribution in [0.2, 0.25) is 0 Å². The number of carbonyl (C=O) groups excluding carboxylic acids is 2. The number of aliphatic imine (C=N–C) groups is 1. The summed E-state index contributed by atoms with van der Waals surface area (Å²) in [6.07, 6.45) is 4.69. The van der Waals surface area contributed by atoms with Crippen molar-refractivity contribution in [3.8, 4) is 0 Å². The standard InChI is InChI=1S/C7H7NO2S2/c9-6(11)4-2-1-3-8-5(4)7(10)12/h1-5H,(H,9,11)(H,10,12). The maximum Gasteiger partial charge on any atom is 0.211 e. The van der Waals surface area contributed by atoms with E-state index in [0.29, 0.717) is 0 Å². The minimum absolute atomic E-state index is 0.365. The highest BCUT2D eigenvalue weighted by Gasteiger charge is 2.28. The Morgan fingerprint density at radius 3 is 2.33 bits per heavy atom. The number of thiol groups is 2. The lowest BCUT2D eigenvalue weighted by Gasteiger charge is -2.16. The Labute approximate surface area is 80.8 Å². The third-order valence-electron chi connectivity index (χ3n) is 1.53. The first kappa shape index (κ1) is 9.54. The Morgan fingerprint density at radius 2 is 1.92 bits per heavy atom. The van der Waals surface area contributed by atoms with E-state index in [1.807, 2.05) is 0 Å². The minimum atomic E-state index is -0.705. The van der Waals surface area contributed by atoms with Gasteiger partial charge in [-0.1, -0.05) is 6.08 Å². The van der Waals surface area contributed by atoms with Crippen molar-refractivity contribution in [1.29, 1.82) is 0 Å². The van der Waals surface area contributed by atoms with E-state index in [2.05, 4.69) is 30.2 Å². The van der Waals surface area contributed by atoms with E-state index in [1.165, 1.54) is 6.21 Å². The zero-order chi connectivity index (χ0) is 9.14. The Hall–Kier alpha value is -0.550. The van der Waals surface area contributed by atoms with Crippen LogP contribution in [0.4, 0.5) is 0 Å². The van der Waals surface area contributed by atoms with Gasteiger partial charge in [0.15, 0.2) is 5.12 Å². The average Bonchev–Trinajstić information content (AvgIpc) is 2.04. The molecule has 12 heavy (non-hydrogen) atoms. The molecular weight excluding hydrogens is 194 g/mol. The van der Waals surface area contributed by atoms with E-state index in [0.717, 1.165) is 0 Å². The monoisotopic (exact) mass is 201 g/mol. The molecule has 0 bridgehead atoms. The van der Waals surface area contributed by atoms with Crippen LogP contribution in [0.1, 0.15) is 0 Å². The van der Waals surface area contributed by atoms with Gasteiger partial charge in [-0.3, -0.25) is 14.6 Å². The summed E-state index contributed by atoms with van der Waals surface area (Å²) in [6.45, 7) is 0. The molecule has 5 heteroatoms. The van der Waals surface area contributed by atoms with E-state index < -0.39 is 17.1 Å². The summed E-state index contributed by atoms with van der Waals surface area (Å²) in [5, 5.41) is -0.779. The Balaban J connectivity index is 2.85. The molecule has 0 saturated carbocycles. The molecule has 0 spiro atoms. The molecule has 2 unspecified atom stereocenters. The average molecular weight is 201 g/mol. The zero-order valence-corrected chi connectivity index (χ0v) is 7.83. The first-order chi connectivity index (χ1) is 5.63. The van der Waals surface area contributed by atoms with Gasteiger partial charge in [-0.25, -0.2) is 0 Å². The van der Waals surface area contributed by atoms with Crippen LogP contribution in [0.25, 0.3) is 0 Å². The number of carbonyl (C=O) groups is 2. The van der Waals surface area contributed by atoms with Crippen LogP contribution in [0.15, 0.2) is 17.1 Å². The number of hydrogen-bond acceptors (Lipinski definition) is 3. The summed E-state index contributed by atoms with van der Waals surface area (Å²) in [5.41, 5.74) is 0. The second-order valence-electron chi connectivity index (χ2n) is 2.33. The Morgan fingerprint density at radius 1 is 1.25 bits per heavy atom. The molecule has 2 atom stereocenters. The molecule has 0 radical (unpaired) electrons. The van der Waals surface area contributed by atoms with Crippen LogP contribution < -0.4 is 0 Å². The van der Waals surface area contributed by atoms with Crippen LogP contribution in [0.3, 0.4) is 0 Å². The first-order valence-electron chi connectivity index (χ1n) is 3.28. The number of nitrogens with zero attached hydrogens (tertiary/aromatic N) is 1. The van der Waals surface area contributed by atoms with E-state index >= 15 is 0 Å². The molecule has 64 valence electrons. The summed E-state index contributed by atoms with van der Waals surface area (Å²) < 4.78 is 0. The lowest BCUT2D eigenvalue weighted by Crippen LogP contribution is -2.29. The highest BCUT2D eigenvalue weighted by molar-refractivity contribution is 7.97. The zero-order valence-electron chi connectivity index (χ0n) is 6.04. The molecule has 0 aromatic heterocycles. The largest absolute Gasteiger partial charge is 0.287 e. The van der Waals surface area contributed by atoms with Crippen molar-refractivity contribution in [3.05, 3.63) is 12.2 Å². The van der Waals surface area contributed by atoms with Gasteiger partial charge < -0.3 is 0 Å². The highest BCUT2D eigenvalue weighted by Crippen LogP contribution is 2.17. The molecular formula is C7H7NO2S2. The van der Waals surface area contributed by atoms with Crippen LogP contribution in [0.5, 0.6) is 0 Å². The fourth-order valence-electron chi connectivity index (χ4n) is 0.945. The predicted molar refractivity (Wildman–Crippen MR) is 52.9 cm³/mol. The van der Waals surface area contributed by atoms with Crippen molar-refractivity contribution in [2.45, 2.75) is 6.04 Å². The smallest absolute Gasteiger partial charge is 0.211 e. The van der Waals surface area contributed by atoms with Gasteiger partial charge in [-0.05, 0) is 6.08 Å². The molecule has 0 saturated heterocycles. The second-order valence-corrected chi connectivity index (χ2v) is 3.21. The van der Waals surface area contributed by atoms with Gasteiger partial charge >= 0.3 is 0 Å². The Bertz CT molecular complexity index is 245. The predicted octanol–water partition coefficient (Wildman–Crippen LogP) is 0.525.